The molecule has 0 bridgehead atoms. The summed E-state index contributed by atoms with van der Waals surface area (Å²) in [5, 5.41) is 8.38. The third kappa shape index (κ3) is 3.11. The average molecular weight is 403 g/mol. The van der Waals surface area contributed by atoms with Crippen molar-refractivity contribution in [1.82, 2.24) is 29.7 Å². The maximum atomic E-state index is 5.65. The summed E-state index contributed by atoms with van der Waals surface area (Å²) in [7, 11) is 0. The Bertz CT molecular complexity index is 1180. The van der Waals surface area contributed by atoms with Crippen LogP contribution in [0.25, 0.3) is 22.2 Å². The first-order valence-corrected chi connectivity index (χ1v) is 10.8. The van der Waals surface area contributed by atoms with Gasteiger partial charge >= 0.3 is 0 Å². The molecular formula is C22H25N7O. The van der Waals surface area contributed by atoms with Gasteiger partial charge in [0.05, 0.1) is 35.9 Å². The molecule has 2 unspecified atom stereocenters. The quantitative estimate of drug-likeness (QED) is 0.527. The fraction of sp³-hybridized carbons (Fsp3) is 0.455. The van der Waals surface area contributed by atoms with Crippen LogP contribution in [0, 0.1) is 5.92 Å². The van der Waals surface area contributed by atoms with E-state index in [9.17, 15) is 0 Å². The summed E-state index contributed by atoms with van der Waals surface area (Å²) in [6, 6.07) is 8.32. The Labute approximate surface area is 174 Å². The number of H-pyrrole nitrogens is 1. The van der Waals surface area contributed by atoms with Gasteiger partial charge in [-0.15, -0.1) is 0 Å². The molecule has 6 rings (SSSR count). The molecule has 0 amide bonds. The fourth-order valence-corrected chi connectivity index (χ4v) is 4.34. The first-order chi connectivity index (χ1) is 14.8. The SMILES string of the molecule is CC1COCCC1n1nc(NCc2nc3ccccc3[nH]2)c2ncc(C3CC3)nc21. The molecule has 2 atom stereocenters. The van der Waals surface area contributed by atoms with Crippen LogP contribution in [0.5, 0.6) is 0 Å². The smallest absolute Gasteiger partial charge is 0.179 e. The van der Waals surface area contributed by atoms with Crippen molar-refractivity contribution in [1.29, 1.82) is 0 Å². The van der Waals surface area contributed by atoms with E-state index < -0.39 is 0 Å². The number of aromatic nitrogens is 6. The molecule has 2 fully saturated rings. The van der Waals surface area contributed by atoms with Gasteiger partial charge in [0.1, 0.15) is 5.82 Å². The minimum absolute atomic E-state index is 0.270. The summed E-state index contributed by atoms with van der Waals surface area (Å²) in [4.78, 5) is 17.8. The largest absolute Gasteiger partial charge is 0.381 e. The lowest BCUT2D eigenvalue weighted by molar-refractivity contribution is 0.0263. The van der Waals surface area contributed by atoms with Gasteiger partial charge in [-0.2, -0.15) is 5.10 Å². The second-order valence-electron chi connectivity index (χ2n) is 8.50. The predicted molar refractivity (Wildman–Crippen MR) is 114 cm³/mol. The highest BCUT2D eigenvalue weighted by atomic mass is 16.5. The molecule has 1 aromatic carbocycles. The highest BCUT2D eigenvalue weighted by Crippen LogP contribution is 2.40. The molecule has 2 N–H and O–H groups in total. The van der Waals surface area contributed by atoms with Gasteiger partial charge in [-0.05, 0) is 31.4 Å². The molecule has 154 valence electrons. The van der Waals surface area contributed by atoms with E-state index in [0.29, 0.717) is 18.4 Å². The van der Waals surface area contributed by atoms with E-state index in [1.54, 1.807) is 0 Å². The van der Waals surface area contributed by atoms with Crippen LogP contribution in [0.15, 0.2) is 30.5 Å². The van der Waals surface area contributed by atoms with E-state index in [2.05, 4.69) is 26.9 Å². The number of nitrogens with one attached hydrogen (secondary N) is 2. The summed E-state index contributed by atoms with van der Waals surface area (Å²) in [5.41, 5.74) is 4.80. The fourth-order valence-electron chi connectivity index (χ4n) is 4.34. The van der Waals surface area contributed by atoms with Crippen molar-refractivity contribution in [3.8, 4) is 0 Å². The molecule has 2 aliphatic rings. The van der Waals surface area contributed by atoms with E-state index in [0.717, 1.165) is 59.2 Å². The van der Waals surface area contributed by atoms with Crippen molar-refractivity contribution >= 4 is 28.0 Å². The molecule has 8 heteroatoms. The molecule has 0 spiro atoms. The standard InChI is InChI=1S/C22H25N7O/c1-13-12-30-9-8-18(13)29-22-20(23-10-17(27-22)14-6-7-14)21(28-29)24-11-19-25-15-4-2-3-5-16(15)26-19/h2-5,10,13-14,18H,6-9,11-12H2,1H3,(H,24,28)(H,25,26). The van der Waals surface area contributed by atoms with E-state index in [1.807, 2.05) is 30.5 Å². The van der Waals surface area contributed by atoms with Crippen molar-refractivity contribution in [2.75, 3.05) is 18.5 Å². The molecule has 3 aromatic heterocycles. The molecule has 1 aliphatic heterocycles. The van der Waals surface area contributed by atoms with Crippen molar-refractivity contribution in [2.45, 2.75) is 44.7 Å². The number of hydrogen-bond donors (Lipinski definition) is 2. The van der Waals surface area contributed by atoms with Gasteiger partial charge in [0.2, 0.25) is 0 Å². The number of para-hydroxylation sites is 2. The summed E-state index contributed by atoms with van der Waals surface area (Å²) < 4.78 is 7.74. The average Bonchev–Trinajstić information content (AvgIpc) is 3.44. The number of aromatic amines is 1. The second-order valence-corrected chi connectivity index (χ2v) is 8.50. The van der Waals surface area contributed by atoms with Crippen LogP contribution >= 0.6 is 0 Å². The Kier molecular flexibility index (Phi) is 4.19. The molecule has 0 radical (unpaired) electrons. The minimum atomic E-state index is 0.270. The summed E-state index contributed by atoms with van der Waals surface area (Å²) >= 11 is 0. The first-order valence-electron chi connectivity index (χ1n) is 10.8. The lowest BCUT2D eigenvalue weighted by Crippen LogP contribution is -2.28. The van der Waals surface area contributed by atoms with Crippen LogP contribution < -0.4 is 5.32 Å². The van der Waals surface area contributed by atoms with Crippen LogP contribution in [0.4, 0.5) is 5.82 Å². The van der Waals surface area contributed by atoms with Crippen LogP contribution in [-0.2, 0) is 11.3 Å². The Morgan fingerprint density at radius 1 is 1.20 bits per heavy atom. The number of benzene rings is 1. The molecule has 4 heterocycles. The highest BCUT2D eigenvalue weighted by molar-refractivity contribution is 5.83. The number of rotatable bonds is 5. The van der Waals surface area contributed by atoms with Gasteiger partial charge in [0.15, 0.2) is 17.0 Å². The van der Waals surface area contributed by atoms with Crippen molar-refractivity contribution < 1.29 is 4.74 Å². The molecule has 1 saturated heterocycles. The maximum absolute atomic E-state index is 5.65. The van der Waals surface area contributed by atoms with Crippen molar-refractivity contribution in [3.05, 3.63) is 42.0 Å². The number of fused-ring (bicyclic) bond motifs is 2. The number of nitrogens with zero attached hydrogens (tertiary/aromatic N) is 5. The lowest BCUT2D eigenvalue weighted by Gasteiger charge is -2.29. The zero-order valence-corrected chi connectivity index (χ0v) is 17.0. The van der Waals surface area contributed by atoms with Crippen LogP contribution in [0.3, 0.4) is 0 Å². The Hall–Kier alpha value is -3.00. The van der Waals surface area contributed by atoms with Gasteiger partial charge in [-0.25, -0.2) is 19.6 Å². The van der Waals surface area contributed by atoms with Gasteiger partial charge in [0.25, 0.3) is 0 Å². The summed E-state index contributed by atoms with van der Waals surface area (Å²) in [5.74, 6) is 2.58. The van der Waals surface area contributed by atoms with Gasteiger partial charge < -0.3 is 15.0 Å². The zero-order valence-electron chi connectivity index (χ0n) is 17.0. The summed E-state index contributed by atoms with van der Waals surface area (Å²) in [6.45, 7) is 4.28. The predicted octanol–water partition coefficient (Wildman–Crippen LogP) is 3.79. The number of ether oxygens (including phenoxy) is 1. The van der Waals surface area contributed by atoms with Crippen LogP contribution in [0.2, 0.25) is 0 Å². The monoisotopic (exact) mass is 403 g/mol. The van der Waals surface area contributed by atoms with E-state index >= 15 is 0 Å². The third-order valence-corrected chi connectivity index (χ3v) is 6.19. The Morgan fingerprint density at radius 2 is 2.10 bits per heavy atom. The molecular weight excluding hydrogens is 378 g/mol. The third-order valence-electron chi connectivity index (χ3n) is 6.19. The Balaban J connectivity index is 1.35. The number of anilines is 1. The minimum Gasteiger partial charge on any atom is -0.381 e. The number of hydrogen-bond acceptors (Lipinski definition) is 6. The van der Waals surface area contributed by atoms with Crippen molar-refractivity contribution in [3.63, 3.8) is 0 Å². The molecule has 1 aliphatic carbocycles. The zero-order chi connectivity index (χ0) is 20.1. The van der Waals surface area contributed by atoms with E-state index in [-0.39, 0.29) is 6.04 Å². The van der Waals surface area contributed by atoms with E-state index in [4.69, 9.17) is 19.8 Å². The van der Waals surface area contributed by atoms with Gasteiger partial charge in [0, 0.05) is 24.6 Å². The molecule has 8 nitrogen and oxygen atoms in total. The molecule has 4 aromatic rings. The molecule has 30 heavy (non-hydrogen) atoms. The maximum Gasteiger partial charge on any atom is 0.179 e. The molecule has 1 saturated carbocycles. The van der Waals surface area contributed by atoms with Gasteiger partial charge in [-0.1, -0.05) is 19.1 Å². The van der Waals surface area contributed by atoms with E-state index in [1.165, 1.54) is 12.8 Å². The highest BCUT2D eigenvalue weighted by Gasteiger charge is 2.30. The van der Waals surface area contributed by atoms with Crippen molar-refractivity contribution in [2.24, 2.45) is 5.92 Å². The lowest BCUT2D eigenvalue weighted by atomic mass is 9.98. The topological polar surface area (TPSA) is 93.5 Å². The summed E-state index contributed by atoms with van der Waals surface area (Å²) in [6.07, 6.45) is 5.28. The normalized spacial score (nSPS) is 22.0. The Morgan fingerprint density at radius 3 is 2.93 bits per heavy atom. The van der Waals surface area contributed by atoms with Crippen LogP contribution in [0.1, 0.15) is 49.7 Å². The number of imidazole rings is 1. The second kappa shape index (κ2) is 7.05. The van der Waals surface area contributed by atoms with Gasteiger partial charge in [-0.3, -0.25) is 0 Å². The first kappa shape index (κ1) is 17.8. The van der Waals surface area contributed by atoms with Crippen LogP contribution in [-0.4, -0.2) is 42.9 Å².